The molecule has 0 fully saturated rings. The molecule has 0 aliphatic rings. The van der Waals surface area contributed by atoms with Gasteiger partial charge in [-0.2, -0.15) is 0 Å². The van der Waals surface area contributed by atoms with Crippen molar-refractivity contribution in [2.75, 3.05) is 19.8 Å². The first-order valence-corrected chi connectivity index (χ1v) is 11.4. The van der Waals surface area contributed by atoms with Gasteiger partial charge in [-0.15, -0.1) is 0 Å². The number of para-hydroxylation sites is 1. The molecule has 2 aromatic carbocycles. The number of carbonyl (C=O) groups is 1. The maximum absolute atomic E-state index is 12.1. The number of carbonyl (C=O) groups excluding carboxylic acids is 1. The molecule has 0 heterocycles. The minimum absolute atomic E-state index is 0.270. The van der Waals surface area contributed by atoms with Gasteiger partial charge in [0.25, 0.3) is 0 Å². The summed E-state index contributed by atoms with van der Waals surface area (Å²) in [6, 6.07) is 16.7. The Bertz CT molecular complexity index is 682. The Morgan fingerprint density at radius 1 is 0.633 bits per heavy atom. The third kappa shape index (κ3) is 10.3. The van der Waals surface area contributed by atoms with Crippen LogP contribution in [0.4, 0.5) is 0 Å². The van der Waals surface area contributed by atoms with Crippen molar-refractivity contribution in [3.05, 3.63) is 60.2 Å². The number of benzene rings is 2. The Morgan fingerprint density at radius 3 is 1.77 bits per heavy atom. The highest BCUT2D eigenvalue weighted by molar-refractivity contribution is 5.89. The van der Waals surface area contributed by atoms with Gasteiger partial charge in [-0.3, -0.25) is 0 Å². The third-order valence-corrected chi connectivity index (χ3v) is 4.94. The minimum Gasteiger partial charge on any atom is -0.490 e. The number of rotatable bonds is 16. The smallest absolute Gasteiger partial charge is 0.338 e. The lowest BCUT2D eigenvalue weighted by atomic mass is 10.1. The van der Waals surface area contributed by atoms with E-state index < -0.39 is 0 Å². The molecular formula is C26H36O4. The van der Waals surface area contributed by atoms with Gasteiger partial charge in [0.1, 0.15) is 24.7 Å². The van der Waals surface area contributed by atoms with Crippen molar-refractivity contribution in [1.82, 2.24) is 0 Å². The maximum atomic E-state index is 12.1. The zero-order valence-electron chi connectivity index (χ0n) is 18.3. The van der Waals surface area contributed by atoms with E-state index in [1.54, 1.807) is 24.3 Å². The first-order chi connectivity index (χ1) is 14.8. The van der Waals surface area contributed by atoms with Crippen LogP contribution in [-0.4, -0.2) is 25.8 Å². The summed E-state index contributed by atoms with van der Waals surface area (Å²) in [6.45, 7) is 3.64. The molecule has 4 heteroatoms. The van der Waals surface area contributed by atoms with Crippen LogP contribution in [0.25, 0.3) is 0 Å². The van der Waals surface area contributed by atoms with Crippen LogP contribution in [0.1, 0.15) is 75.1 Å². The van der Waals surface area contributed by atoms with Gasteiger partial charge in [0.15, 0.2) is 0 Å². The van der Waals surface area contributed by atoms with Crippen LogP contribution in [-0.2, 0) is 4.74 Å². The summed E-state index contributed by atoms with van der Waals surface area (Å²) in [5, 5.41) is 0. The first-order valence-electron chi connectivity index (χ1n) is 11.4. The Hall–Kier alpha value is -2.49. The predicted molar refractivity (Wildman–Crippen MR) is 121 cm³/mol. The Kier molecular flexibility index (Phi) is 12.2. The van der Waals surface area contributed by atoms with E-state index in [4.69, 9.17) is 14.2 Å². The van der Waals surface area contributed by atoms with Crippen molar-refractivity contribution in [3.63, 3.8) is 0 Å². The first kappa shape index (κ1) is 23.8. The lowest BCUT2D eigenvalue weighted by Gasteiger charge is -2.09. The molecule has 2 rings (SSSR count). The van der Waals surface area contributed by atoms with Crippen LogP contribution in [0, 0.1) is 0 Å². The fourth-order valence-electron chi connectivity index (χ4n) is 3.18. The highest BCUT2D eigenvalue weighted by Crippen LogP contribution is 2.14. The lowest BCUT2D eigenvalue weighted by Crippen LogP contribution is -2.09. The van der Waals surface area contributed by atoms with E-state index >= 15 is 0 Å². The molecule has 0 unspecified atom stereocenters. The van der Waals surface area contributed by atoms with Gasteiger partial charge in [-0.1, -0.05) is 76.5 Å². The molecule has 164 valence electrons. The van der Waals surface area contributed by atoms with Crippen molar-refractivity contribution in [2.24, 2.45) is 0 Å². The third-order valence-electron chi connectivity index (χ3n) is 4.94. The second-order valence-corrected chi connectivity index (χ2v) is 7.50. The van der Waals surface area contributed by atoms with Crippen LogP contribution in [0.3, 0.4) is 0 Å². The molecule has 0 atom stereocenters. The van der Waals surface area contributed by atoms with Crippen molar-refractivity contribution in [2.45, 2.75) is 64.7 Å². The average molecular weight is 413 g/mol. The predicted octanol–water partition coefficient (Wildman–Crippen LogP) is 6.83. The summed E-state index contributed by atoms with van der Waals surface area (Å²) in [5.41, 5.74) is 0.554. The summed E-state index contributed by atoms with van der Waals surface area (Å²) < 4.78 is 16.6. The SMILES string of the molecule is CCCCCCCCCCCOC(=O)c1ccc(OCCOc2ccccc2)cc1. The molecule has 0 saturated heterocycles. The fourth-order valence-corrected chi connectivity index (χ4v) is 3.18. The van der Waals surface area contributed by atoms with E-state index in [0.29, 0.717) is 31.1 Å². The maximum Gasteiger partial charge on any atom is 0.338 e. The monoisotopic (exact) mass is 412 g/mol. The largest absolute Gasteiger partial charge is 0.490 e. The summed E-state index contributed by atoms with van der Waals surface area (Å²) >= 11 is 0. The molecule has 0 aliphatic heterocycles. The van der Waals surface area contributed by atoms with Crippen LogP contribution < -0.4 is 9.47 Å². The van der Waals surface area contributed by atoms with Crippen LogP contribution in [0.15, 0.2) is 54.6 Å². The highest BCUT2D eigenvalue weighted by Gasteiger charge is 2.07. The summed E-state index contributed by atoms with van der Waals surface area (Å²) in [7, 11) is 0. The van der Waals surface area contributed by atoms with Gasteiger partial charge < -0.3 is 14.2 Å². The Morgan fingerprint density at radius 2 is 1.17 bits per heavy atom. The van der Waals surface area contributed by atoms with Gasteiger partial charge in [0, 0.05) is 0 Å². The van der Waals surface area contributed by atoms with E-state index in [0.717, 1.165) is 18.6 Å². The van der Waals surface area contributed by atoms with E-state index in [2.05, 4.69) is 6.92 Å². The van der Waals surface area contributed by atoms with Crippen LogP contribution in [0.5, 0.6) is 11.5 Å². The summed E-state index contributed by atoms with van der Waals surface area (Å²) in [5.74, 6) is 1.27. The average Bonchev–Trinajstić information content (AvgIpc) is 2.79. The summed E-state index contributed by atoms with van der Waals surface area (Å²) in [4.78, 5) is 12.1. The molecule has 0 saturated carbocycles. The number of hydrogen-bond acceptors (Lipinski definition) is 4. The Labute approximate surface area is 181 Å². The molecule has 0 N–H and O–H groups in total. The highest BCUT2D eigenvalue weighted by atomic mass is 16.5. The van der Waals surface area contributed by atoms with Crippen molar-refractivity contribution < 1.29 is 19.0 Å². The fraction of sp³-hybridized carbons (Fsp3) is 0.500. The number of esters is 1. The van der Waals surface area contributed by atoms with Crippen LogP contribution >= 0.6 is 0 Å². The van der Waals surface area contributed by atoms with Gasteiger partial charge in [0.05, 0.1) is 12.2 Å². The molecule has 0 radical (unpaired) electrons. The van der Waals surface area contributed by atoms with E-state index in [1.165, 1.54) is 44.9 Å². The molecule has 4 nitrogen and oxygen atoms in total. The van der Waals surface area contributed by atoms with Gasteiger partial charge in [-0.05, 0) is 42.8 Å². The van der Waals surface area contributed by atoms with E-state index in [9.17, 15) is 4.79 Å². The molecule has 0 spiro atoms. The molecule has 0 aromatic heterocycles. The molecule has 2 aromatic rings. The van der Waals surface area contributed by atoms with Gasteiger partial charge in [0.2, 0.25) is 0 Å². The quantitative estimate of drug-likeness (QED) is 0.224. The second-order valence-electron chi connectivity index (χ2n) is 7.50. The van der Waals surface area contributed by atoms with Crippen molar-refractivity contribution in [1.29, 1.82) is 0 Å². The normalized spacial score (nSPS) is 10.6. The summed E-state index contributed by atoms with van der Waals surface area (Å²) in [6.07, 6.45) is 11.3. The zero-order chi connectivity index (χ0) is 21.3. The van der Waals surface area contributed by atoms with E-state index in [1.807, 2.05) is 30.3 Å². The Balaban J connectivity index is 1.52. The number of hydrogen-bond donors (Lipinski definition) is 0. The van der Waals surface area contributed by atoms with E-state index in [-0.39, 0.29) is 5.97 Å². The topological polar surface area (TPSA) is 44.8 Å². The molecule has 0 amide bonds. The second kappa shape index (κ2) is 15.4. The molecule has 30 heavy (non-hydrogen) atoms. The van der Waals surface area contributed by atoms with Crippen molar-refractivity contribution in [3.8, 4) is 11.5 Å². The van der Waals surface area contributed by atoms with Crippen molar-refractivity contribution >= 4 is 5.97 Å². The van der Waals surface area contributed by atoms with Gasteiger partial charge >= 0.3 is 5.97 Å². The minimum atomic E-state index is -0.270. The molecule has 0 aliphatic carbocycles. The van der Waals surface area contributed by atoms with Crippen LogP contribution in [0.2, 0.25) is 0 Å². The standard InChI is InChI=1S/C26H36O4/c1-2-3-4-5-6-7-8-9-13-20-30-26(27)23-16-18-25(19-17-23)29-22-21-28-24-14-11-10-12-15-24/h10-12,14-19H,2-9,13,20-22H2,1H3. The number of ether oxygens (including phenoxy) is 3. The number of unbranched alkanes of at least 4 members (excludes halogenated alkanes) is 8. The molecular weight excluding hydrogens is 376 g/mol. The zero-order valence-corrected chi connectivity index (χ0v) is 18.3. The lowest BCUT2D eigenvalue weighted by molar-refractivity contribution is 0.0497. The molecule has 0 bridgehead atoms. The van der Waals surface area contributed by atoms with Gasteiger partial charge in [-0.25, -0.2) is 4.79 Å².